The molecule has 18 heavy (non-hydrogen) atoms. The largest absolute Gasteiger partial charge is 0.346 e. The van der Waals surface area contributed by atoms with Gasteiger partial charge in [-0.2, -0.15) is 0 Å². The zero-order valence-electron chi connectivity index (χ0n) is 11.2. The molecule has 3 nitrogen and oxygen atoms in total. The molecule has 98 valence electrons. The van der Waals surface area contributed by atoms with Crippen LogP contribution in [0.15, 0.2) is 12.3 Å². The molecule has 0 amide bonds. The fourth-order valence-corrected chi connectivity index (χ4v) is 1.58. The van der Waals surface area contributed by atoms with Crippen LogP contribution < -0.4 is 10.2 Å². The highest BCUT2D eigenvalue weighted by Gasteiger charge is 2.12. The van der Waals surface area contributed by atoms with Crippen LogP contribution in [0.25, 0.3) is 0 Å². The molecule has 0 unspecified atom stereocenters. The molecule has 0 fully saturated rings. The van der Waals surface area contributed by atoms with E-state index in [1.54, 1.807) is 24.2 Å². The van der Waals surface area contributed by atoms with E-state index in [1.165, 1.54) is 0 Å². The maximum Gasteiger partial charge on any atom is 0.170 e. The van der Waals surface area contributed by atoms with Crippen LogP contribution in [0.4, 0.5) is 10.2 Å². The first-order chi connectivity index (χ1) is 8.56. The highest BCUT2D eigenvalue weighted by molar-refractivity contribution is 5.43. The van der Waals surface area contributed by atoms with Crippen LogP contribution in [0, 0.1) is 24.1 Å². The minimum atomic E-state index is -0.300. The molecule has 1 aromatic heterocycles. The van der Waals surface area contributed by atoms with E-state index in [0.717, 1.165) is 6.54 Å². The van der Waals surface area contributed by atoms with Crippen molar-refractivity contribution in [3.8, 4) is 12.3 Å². The van der Waals surface area contributed by atoms with Crippen LogP contribution in [0.2, 0.25) is 0 Å². The van der Waals surface area contributed by atoms with Gasteiger partial charge in [0.1, 0.15) is 0 Å². The number of terminal acetylenes is 1. The van der Waals surface area contributed by atoms with Crippen molar-refractivity contribution in [2.24, 2.45) is 5.92 Å². The maximum absolute atomic E-state index is 14.2. The Morgan fingerprint density at radius 1 is 1.56 bits per heavy atom. The minimum Gasteiger partial charge on any atom is -0.346 e. The highest BCUT2D eigenvalue weighted by atomic mass is 19.1. The smallest absolute Gasteiger partial charge is 0.170 e. The third-order valence-corrected chi connectivity index (χ3v) is 2.51. The number of rotatable bonds is 6. The molecule has 1 rings (SSSR count). The summed E-state index contributed by atoms with van der Waals surface area (Å²) >= 11 is 0. The number of pyridine rings is 1. The highest BCUT2D eigenvalue weighted by Crippen LogP contribution is 2.17. The zero-order valence-corrected chi connectivity index (χ0v) is 11.2. The average molecular weight is 249 g/mol. The molecule has 1 N–H and O–H groups in total. The fourth-order valence-electron chi connectivity index (χ4n) is 1.58. The Bertz CT molecular complexity index is 424. The third kappa shape index (κ3) is 4.01. The van der Waals surface area contributed by atoms with Crippen LogP contribution >= 0.6 is 0 Å². The van der Waals surface area contributed by atoms with E-state index in [0.29, 0.717) is 30.4 Å². The summed E-state index contributed by atoms with van der Waals surface area (Å²) in [6.07, 6.45) is 6.82. The number of hydrogen-bond acceptors (Lipinski definition) is 3. The van der Waals surface area contributed by atoms with Crippen molar-refractivity contribution < 1.29 is 4.39 Å². The van der Waals surface area contributed by atoms with Gasteiger partial charge in [-0.1, -0.05) is 19.8 Å². The molecule has 1 heterocycles. The summed E-state index contributed by atoms with van der Waals surface area (Å²) < 4.78 is 14.2. The summed E-state index contributed by atoms with van der Waals surface area (Å²) in [6.45, 7) is 5.93. The Morgan fingerprint density at radius 2 is 2.28 bits per heavy atom. The number of anilines is 1. The van der Waals surface area contributed by atoms with E-state index in [4.69, 9.17) is 6.42 Å². The molecule has 0 aliphatic rings. The molecular formula is C14H20FN3. The molecule has 0 spiro atoms. The predicted octanol–water partition coefficient (Wildman–Crippen LogP) is 2.04. The summed E-state index contributed by atoms with van der Waals surface area (Å²) in [7, 11) is 1.73. The van der Waals surface area contributed by atoms with Gasteiger partial charge in [0.25, 0.3) is 0 Å². The van der Waals surface area contributed by atoms with Crippen molar-refractivity contribution in [2.75, 3.05) is 25.0 Å². The Kier molecular flexibility index (Phi) is 5.60. The number of nitrogens with one attached hydrogen (secondary N) is 1. The van der Waals surface area contributed by atoms with E-state index >= 15 is 0 Å². The van der Waals surface area contributed by atoms with Gasteiger partial charge < -0.3 is 10.2 Å². The standard InChI is InChI=1S/C14H20FN3/c1-5-8-18(4)14-13(15)12(6-7-17-14)10-16-9-11(2)3/h1,6-7,11,16H,8-10H2,2-4H3. The van der Waals surface area contributed by atoms with Gasteiger partial charge in [0.2, 0.25) is 0 Å². The fraction of sp³-hybridized carbons (Fsp3) is 0.500. The van der Waals surface area contributed by atoms with Gasteiger partial charge in [-0.05, 0) is 18.5 Å². The van der Waals surface area contributed by atoms with Crippen LogP contribution in [-0.4, -0.2) is 25.1 Å². The lowest BCUT2D eigenvalue weighted by Crippen LogP contribution is -2.23. The molecule has 0 aliphatic heterocycles. The van der Waals surface area contributed by atoms with Crippen molar-refractivity contribution in [3.63, 3.8) is 0 Å². The van der Waals surface area contributed by atoms with E-state index in [2.05, 4.69) is 30.1 Å². The SMILES string of the molecule is C#CCN(C)c1nccc(CNCC(C)C)c1F. The number of aromatic nitrogens is 1. The van der Waals surface area contributed by atoms with Crippen molar-refractivity contribution >= 4 is 5.82 Å². The Morgan fingerprint density at radius 3 is 2.89 bits per heavy atom. The van der Waals surface area contributed by atoms with Gasteiger partial charge in [-0.15, -0.1) is 6.42 Å². The van der Waals surface area contributed by atoms with Crippen LogP contribution in [0.5, 0.6) is 0 Å². The Hall–Kier alpha value is -1.60. The van der Waals surface area contributed by atoms with E-state index in [9.17, 15) is 4.39 Å². The molecule has 0 saturated heterocycles. The lowest BCUT2D eigenvalue weighted by molar-refractivity contribution is 0.533. The minimum absolute atomic E-state index is 0.300. The Labute approximate surface area is 108 Å². The number of hydrogen-bond donors (Lipinski definition) is 1. The molecule has 0 aliphatic carbocycles. The molecule has 0 aromatic carbocycles. The summed E-state index contributed by atoms with van der Waals surface area (Å²) in [5.74, 6) is 3.02. The van der Waals surface area contributed by atoms with Crippen molar-refractivity contribution in [2.45, 2.75) is 20.4 Å². The molecule has 0 radical (unpaired) electrons. The first kappa shape index (κ1) is 14.5. The summed E-state index contributed by atoms with van der Waals surface area (Å²) in [5, 5.41) is 3.21. The van der Waals surface area contributed by atoms with Crippen molar-refractivity contribution in [1.29, 1.82) is 0 Å². The lowest BCUT2D eigenvalue weighted by atomic mass is 10.2. The first-order valence-electron chi connectivity index (χ1n) is 6.05. The van der Waals surface area contributed by atoms with E-state index in [-0.39, 0.29) is 5.82 Å². The van der Waals surface area contributed by atoms with E-state index < -0.39 is 0 Å². The van der Waals surface area contributed by atoms with Gasteiger partial charge in [0, 0.05) is 25.4 Å². The monoisotopic (exact) mass is 249 g/mol. The van der Waals surface area contributed by atoms with Gasteiger partial charge in [-0.3, -0.25) is 0 Å². The summed E-state index contributed by atoms with van der Waals surface area (Å²) in [5.41, 5.74) is 0.615. The lowest BCUT2D eigenvalue weighted by Gasteiger charge is -2.17. The van der Waals surface area contributed by atoms with Gasteiger partial charge in [0.15, 0.2) is 11.6 Å². The Balaban J connectivity index is 2.76. The number of halogens is 1. The summed E-state index contributed by atoms with van der Waals surface area (Å²) in [6, 6.07) is 1.69. The second-order valence-corrected chi connectivity index (χ2v) is 4.69. The second-order valence-electron chi connectivity index (χ2n) is 4.69. The summed E-state index contributed by atoms with van der Waals surface area (Å²) in [4.78, 5) is 5.65. The normalized spacial score (nSPS) is 10.4. The molecule has 0 saturated carbocycles. The zero-order chi connectivity index (χ0) is 13.5. The molecule has 0 bridgehead atoms. The molecular weight excluding hydrogens is 229 g/mol. The van der Waals surface area contributed by atoms with Crippen LogP contribution in [0.3, 0.4) is 0 Å². The van der Waals surface area contributed by atoms with Gasteiger partial charge in [-0.25, -0.2) is 9.37 Å². The third-order valence-electron chi connectivity index (χ3n) is 2.51. The van der Waals surface area contributed by atoms with Gasteiger partial charge >= 0.3 is 0 Å². The van der Waals surface area contributed by atoms with Crippen LogP contribution in [0.1, 0.15) is 19.4 Å². The molecule has 1 aromatic rings. The van der Waals surface area contributed by atoms with E-state index in [1.807, 2.05) is 0 Å². The topological polar surface area (TPSA) is 28.2 Å². The van der Waals surface area contributed by atoms with Crippen molar-refractivity contribution in [3.05, 3.63) is 23.6 Å². The second kappa shape index (κ2) is 6.97. The van der Waals surface area contributed by atoms with Crippen LogP contribution in [-0.2, 0) is 6.54 Å². The maximum atomic E-state index is 14.2. The number of nitrogens with zero attached hydrogens (tertiary/aromatic N) is 2. The molecule has 0 atom stereocenters. The van der Waals surface area contributed by atoms with Gasteiger partial charge in [0.05, 0.1) is 6.54 Å². The molecule has 4 heteroatoms. The first-order valence-corrected chi connectivity index (χ1v) is 6.05. The van der Waals surface area contributed by atoms with Crippen molar-refractivity contribution in [1.82, 2.24) is 10.3 Å². The quantitative estimate of drug-likeness (QED) is 0.782. The average Bonchev–Trinajstić information content (AvgIpc) is 2.31. The predicted molar refractivity (Wildman–Crippen MR) is 72.8 cm³/mol.